The maximum absolute atomic E-state index is 12.3. The molecule has 0 spiro atoms. The first kappa shape index (κ1) is 15.9. The van der Waals surface area contributed by atoms with Crippen LogP contribution in [0.3, 0.4) is 0 Å². The van der Waals surface area contributed by atoms with E-state index in [2.05, 4.69) is 36.2 Å². The molecule has 1 aromatic carbocycles. The van der Waals surface area contributed by atoms with Gasteiger partial charge in [0.15, 0.2) is 0 Å². The van der Waals surface area contributed by atoms with Gasteiger partial charge in [-0.2, -0.15) is 0 Å². The number of carbonyl (C=O) groups is 1. The van der Waals surface area contributed by atoms with Gasteiger partial charge in [0.05, 0.1) is 5.69 Å². The van der Waals surface area contributed by atoms with Crippen molar-refractivity contribution >= 4 is 16.9 Å². The molecule has 4 heteroatoms. The number of benzene rings is 1. The quantitative estimate of drug-likeness (QED) is 0.753. The van der Waals surface area contributed by atoms with Crippen LogP contribution in [0.25, 0.3) is 22.3 Å². The molecule has 3 heterocycles. The van der Waals surface area contributed by atoms with Gasteiger partial charge in [0, 0.05) is 36.7 Å². The molecule has 1 atom stereocenters. The lowest BCUT2D eigenvalue weighted by molar-refractivity contribution is -0.128. The highest BCUT2D eigenvalue weighted by Crippen LogP contribution is 2.27. The summed E-state index contributed by atoms with van der Waals surface area (Å²) in [4.78, 5) is 22.3. The number of H-pyrrole nitrogens is 1. The number of rotatable bonds is 5. The lowest BCUT2D eigenvalue weighted by Crippen LogP contribution is -2.24. The van der Waals surface area contributed by atoms with Crippen LogP contribution in [0.1, 0.15) is 31.7 Å². The summed E-state index contributed by atoms with van der Waals surface area (Å²) in [6.45, 7) is 3.74. The zero-order valence-electron chi connectivity index (χ0n) is 14.5. The number of pyridine rings is 1. The Morgan fingerprint density at radius 1 is 1.20 bits per heavy atom. The van der Waals surface area contributed by atoms with Crippen molar-refractivity contribution in [3.63, 3.8) is 0 Å². The fourth-order valence-electron chi connectivity index (χ4n) is 3.78. The predicted octanol–water partition coefficient (Wildman–Crippen LogP) is 4.38. The first-order chi connectivity index (χ1) is 12.2. The third-order valence-corrected chi connectivity index (χ3v) is 5.05. The zero-order valence-corrected chi connectivity index (χ0v) is 14.5. The van der Waals surface area contributed by atoms with Gasteiger partial charge in [-0.1, -0.05) is 43.7 Å². The van der Waals surface area contributed by atoms with Crippen LogP contribution in [-0.4, -0.2) is 27.3 Å². The van der Waals surface area contributed by atoms with Crippen molar-refractivity contribution in [3.8, 4) is 11.3 Å². The third kappa shape index (κ3) is 3.16. The second-order valence-electron chi connectivity index (χ2n) is 6.91. The predicted molar refractivity (Wildman–Crippen MR) is 100.0 cm³/mol. The van der Waals surface area contributed by atoms with Gasteiger partial charge in [-0.3, -0.25) is 4.79 Å². The number of hydrogen-bond donors (Lipinski definition) is 1. The van der Waals surface area contributed by atoms with Crippen molar-refractivity contribution in [2.75, 3.05) is 6.54 Å². The summed E-state index contributed by atoms with van der Waals surface area (Å²) in [5.41, 5.74) is 4.10. The molecule has 4 rings (SSSR count). The minimum Gasteiger partial charge on any atom is -0.346 e. The number of nitrogens with zero attached hydrogens (tertiary/aromatic N) is 2. The lowest BCUT2D eigenvalue weighted by atomic mass is 10.0. The molecule has 4 nitrogen and oxygen atoms in total. The van der Waals surface area contributed by atoms with Gasteiger partial charge in [-0.25, -0.2) is 4.98 Å². The van der Waals surface area contributed by atoms with Crippen LogP contribution in [0.4, 0.5) is 0 Å². The second-order valence-corrected chi connectivity index (χ2v) is 6.91. The fraction of sp³-hybridized carbons (Fsp3) is 0.333. The molecule has 2 aromatic heterocycles. The molecule has 3 aromatic rings. The molecule has 0 radical (unpaired) electrons. The maximum atomic E-state index is 12.3. The highest BCUT2D eigenvalue weighted by molar-refractivity contribution is 5.84. The van der Waals surface area contributed by atoms with Gasteiger partial charge in [-0.15, -0.1) is 0 Å². The van der Waals surface area contributed by atoms with Crippen molar-refractivity contribution in [2.24, 2.45) is 5.92 Å². The number of likely N-dealkylation sites (tertiary alicyclic amines) is 1. The summed E-state index contributed by atoms with van der Waals surface area (Å²) in [5.74, 6) is 0.798. The average Bonchev–Trinajstić information content (AvgIpc) is 3.19. The van der Waals surface area contributed by atoms with Gasteiger partial charge < -0.3 is 9.88 Å². The molecular weight excluding hydrogens is 310 g/mol. The van der Waals surface area contributed by atoms with Crippen molar-refractivity contribution in [1.29, 1.82) is 0 Å². The summed E-state index contributed by atoms with van der Waals surface area (Å²) in [6, 6.07) is 14.3. The van der Waals surface area contributed by atoms with Crippen LogP contribution in [0.2, 0.25) is 0 Å². The molecule has 1 fully saturated rings. The van der Waals surface area contributed by atoms with Crippen LogP contribution in [0.5, 0.6) is 0 Å². The molecule has 1 aliphatic rings. The topological polar surface area (TPSA) is 49.0 Å². The van der Waals surface area contributed by atoms with E-state index in [0.717, 1.165) is 47.2 Å². The SMILES string of the molecule is CCCC1CC(=O)N(Cc2c[nH]c3nc(-c4ccccc4)ccc23)C1. The highest BCUT2D eigenvalue weighted by Gasteiger charge is 2.29. The van der Waals surface area contributed by atoms with E-state index >= 15 is 0 Å². The Labute approximate surface area is 147 Å². The van der Waals surface area contributed by atoms with E-state index in [1.165, 1.54) is 0 Å². The van der Waals surface area contributed by atoms with E-state index < -0.39 is 0 Å². The Hall–Kier alpha value is -2.62. The van der Waals surface area contributed by atoms with Crippen molar-refractivity contribution in [3.05, 3.63) is 54.2 Å². The summed E-state index contributed by atoms with van der Waals surface area (Å²) in [6.07, 6.45) is 4.97. The molecule has 1 amide bonds. The third-order valence-electron chi connectivity index (χ3n) is 5.05. The van der Waals surface area contributed by atoms with Crippen LogP contribution >= 0.6 is 0 Å². The number of amides is 1. The van der Waals surface area contributed by atoms with Crippen LogP contribution in [-0.2, 0) is 11.3 Å². The van der Waals surface area contributed by atoms with Crippen molar-refractivity contribution in [1.82, 2.24) is 14.9 Å². The summed E-state index contributed by atoms with van der Waals surface area (Å²) in [7, 11) is 0. The van der Waals surface area contributed by atoms with Crippen LogP contribution < -0.4 is 0 Å². The van der Waals surface area contributed by atoms with E-state index in [0.29, 0.717) is 18.9 Å². The smallest absolute Gasteiger partial charge is 0.223 e. The first-order valence-electron chi connectivity index (χ1n) is 9.05. The molecule has 128 valence electrons. The molecule has 0 aliphatic carbocycles. The number of aromatic nitrogens is 2. The van der Waals surface area contributed by atoms with E-state index in [1.54, 1.807) is 0 Å². The van der Waals surface area contributed by atoms with Gasteiger partial charge in [-0.05, 0) is 30.0 Å². The molecule has 1 saturated heterocycles. The minimum absolute atomic E-state index is 0.279. The van der Waals surface area contributed by atoms with Crippen molar-refractivity contribution < 1.29 is 4.79 Å². The Morgan fingerprint density at radius 2 is 2.04 bits per heavy atom. The molecule has 25 heavy (non-hydrogen) atoms. The van der Waals surface area contributed by atoms with Gasteiger partial charge >= 0.3 is 0 Å². The second kappa shape index (κ2) is 6.71. The Balaban J connectivity index is 1.56. The lowest BCUT2D eigenvalue weighted by Gasteiger charge is -2.16. The van der Waals surface area contributed by atoms with Gasteiger partial charge in [0.2, 0.25) is 5.91 Å². The van der Waals surface area contributed by atoms with Crippen LogP contribution in [0.15, 0.2) is 48.7 Å². The van der Waals surface area contributed by atoms with Gasteiger partial charge in [0.1, 0.15) is 5.65 Å². The largest absolute Gasteiger partial charge is 0.346 e. The number of aromatic amines is 1. The Morgan fingerprint density at radius 3 is 2.84 bits per heavy atom. The summed E-state index contributed by atoms with van der Waals surface area (Å²) >= 11 is 0. The summed E-state index contributed by atoms with van der Waals surface area (Å²) < 4.78 is 0. The standard InChI is InChI=1S/C21H23N3O/c1-2-6-15-11-20(25)24(13-15)14-17-12-22-21-18(17)9-10-19(23-21)16-7-4-3-5-8-16/h3-5,7-10,12,15H,2,6,11,13-14H2,1H3,(H,22,23). The Kier molecular flexibility index (Phi) is 4.26. The summed E-state index contributed by atoms with van der Waals surface area (Å²) in [5, 5.41) is 1.10. The van der Waals surface area contributed by atoms with Gasteiger partial charge in [0.25, 0.3) is 0 Å². The van der Waals surface area contributed by atoms with E-state index in [-0.39, 0.29) is 5.91 Å². The molecule has 0 bridgehead atoms. The van der Waals surface area contributed by atoms with E-state index in [1.807, 2.05) is 29.3 Å². The molecule has 1 aliphatic heterocycles. The number of carbonyl (C=O) groups excluding carboxylic acids is 1. The minimum atomic E-state index is 0.279. The number of nitrogens with one attached hydrogen (secondary N) is 1. The molecule has 1 N–H and O–H groups in total. The normalized spacial score (nSPS) is 17.6. The maximum Gasteiger partial charge on any atom is 0.223 e. The number of fused-ring (bicyclic) bond motifs is 1. The average molecular weight is 333 g/mol. The molecule has 1 unspecified atom stereocenters. The zero-order chi connectivity index (χ0) is 17.2. The highest BCUT2D eigenvalue weighted by atomic mass is 16.2. The number of hydrogen-bond acceptors (Lipinski definition) is 2. The van der Waals surface area contributed by atoms with E-state index in [9.17, 15) is 4.79 Å². The van der Waals surface area contributed by atoms with Crippen LogP contribution in [0, 0.1) is 5.92 Å². The monoisotopic (exact) mass is 333 g/mol. The molecule has 0 saturated carbocycles. The van der Waals surface area contributed by atoms with E-state index in [4.69, 9.17) is 4.98 Å². The fourth-order valence-corrected chi connectivity index (χ4v) is 3.78. The Bertz CT molecular complexity index is 885. The first-order valence-corrected chi connectivity index (χ1v) is 9.05. The van der Waals surface area contributed by atoms with Crippen molar-refractivity contribution in [2.45, 2.75) is 32.7 Å². The molecular formula is C21H23N3O.